The monoisotopic (exact) mass is 322 g/mol. The molecule has 0 saturated heterocycles. The summed E-state index contributed by atoms with van der Waals surface area (Å²) in [4.78, 5) is 12.4. The van der Waals surface area contributed by atoms with E-state index >= 15 is 0 Å². The van der Waals surface area contributed by atoms with Gasteiger partial charge in [0.05, 0.1) is 5.56 Å². The van der Waals surface area contributed by atoms with Gasteiger partial charge in [0.25, 0.3) is 5.91 Å². The van der Waals surface area contributed by atoms with Crippen LogP contribution in [0.25, 0.3) is 0 Å². The number of anilines is 1. The Kier molecular flexibility index (Phi) is 5.65. The summed E-state index contributed by atoms with van der Waals surface area (Å²) < 4.78 is 0. The topological polar surface area (TPSA) is 41.1 Å². The molecule has 0 aliphatic carbocycles. The van der Waals surface area contributed by atoms with E-state index in [2.05, 4.69) is 28.3 Å². The Balaban J connectivity index is 2.10. The largest absolute Gasteiger partial charge is 0.384 e. The highest BCUT2D eigenvalue weighted by Crippen LogP contribution is 2.21. The normalized spacial score (nSPS) is 10.4. The number of thiophene rings is 1. The molecule has 5 heteroatoms. The standard InChI is InChI=1S/C16H19ClN2OS/c1-3-6-18-15-5-4-13(17)7-14(15)16(20)19-8-12-10-21-9-11(12)2/h4-5,7,9-10,18H,3,6,8H2,1-2H3,(H,19,20). The molecule has 0 aliphatic heterocycles. The summed E-state index contributed by atoms with van der Waals surface area (Å²) in [6.45, 7) is 5.49. The molecule has 2 rings (SSSR count). The number of halogens is 1. The van der Waals surface area contributed by atoms with Crippen LogP contribution in [0.4, 0.5) is 5.69 Å². The van der Waals surface area contributed by atoms with E-state index in [4.69, 9.17) is 11.6 Å². The molecule has 1 aromatic carbocycles. The van der Waals surface area contributed by atoms with Gasteiger partial charge in [0, 0.05) is 23.8 Å². The molecule has 21 heavy (non-hydrogen) atoms. The molecule has 0 fully saturated rings. The van der Waals surface area contributed by atoms with Gasteiger partial charge in [-0.3, -0.25) is 4.79 Å². The number of hydrogen-bond donors (Lipinski definition) is 2. The minimum Gasteiger partial charge on any atom is -0.384 e. The first-order chi connectivity index (χ1) is 10.1. The third kappa shape index (κ3) is 4.22. The maximum Gasteiger partial charge on any atom is 0.253 e. The fourth-order valence-electron chi connectivity index (χ4n) is 1.96. The summed E-state index contributed by atoms with van der Waals surface area (Å²) in [5.74, 6) is -0.110. The molecule has 0 atom stereocenters. The molecule has 112 valence electrons. The van der Waals surface area contributed by atoms with Crippen molar-refractivity contribution in [3.8, 4) is 0 Å². The van der Waals surface area contributed by atoms with Crippen LogP contribution in [0.3, 0.4) is 0 Å². The molecule has 0 saturated carbocycles. The second kappa shape index (κ2) is 7.48. The highest BCUT2D eigenvalue weighted by atomic mass is 35.5. The van der Waals surface area contributed by atoms with Crippen LogP contribution in [0.2, 0.25) is 5.02 Å². The van der Waals surface area contributed by atoms with Crippen LogP contribution >= 0.6 is 22.9 Å². The first kappa shape index (κ1) is 15.9. The number of hydrogen-bond acceptors (Lipinski definition) is 3. The van der Waals surface area contributed by atoms with Gasteiger partial charge in [-0.05, 0) is 53.4 Å². The van der Waals surface area contributed by atoms with E-state index in [-0.39, 0.29) is 5.91 Å². The maximum atomic E-state index is 12.4. The predicted octanol–water partition coefficient (Wildman–Crippen LogP) is 4.46. The molecule has 2 N–H and O–H groups in total. The van der Waals surface area contributed by atoms with Gasteiger partial charge >= 0.3 is 0 Å². The van der Waals surface area contributed by atoms with Crippen molar-refractivity contribution in [3.05, 3.63) is 50.7 Å². The van der Waals surface area contributed by atoms with Crippen molar-refractivity contribution < 1.29 is 4.79 Å². The van der Waals surface area contributed by atoms with Crippen LogP contribution in [0.15, 0.2) is 29.0 Å². The molecule has 1 amide bonds. The van der Waals surface area contributed by atoms with Gasteiger partial charge in [0.1, 0.15) is 0 Å². The highest BCUT2D eigenvalue weighted by molar-refractivity contribution is 7.08. The van der Waals surface area contributed by atoms with Crippen molar-refractivity contribution in [2.24, 2.45) is 0 Å². The van der Waals surface area contributed by atoms with E-state index in [0.717, 1.165) is 24.2 Å². The van der Waals surface area contributed by atoms with Gasteiger partial charge in [0.15, 0.2) is 0 Å². The Hall–Kier alpha value is -1.52. The number of carbonyl (C=O) groups is 1. The molecule has 1 heterocycles. The Morgan fingerprint density at radius 1 is 1.33 bits per heavy atom. The van der Waals surface area contributed by atoms with Crippen LogP contribution in [-0.4, -0.2) is 12.5 Å². The van der Waals surface area contributed by atoms with E-state index in [0.29, 0.717) is 17.1 Å². The molecule has 0 radical (unpaired) electrons. The maximum absolute atomic E-state index is 12.4. The zero-order valence-electron chi connectivity index (χ0n) is 12.2. The molecule has 0 unspecified atom stereocenters. The molecule has 0 spiro atoms. The third-order valence-electron chi connectivity index (χ3n) is 3.19. The van der Waals surface area contributed by atoms with E-state index < -0.39 is 0 Å². The SMILES string of the molecule is CCCNc1ccc(Cl)cc1C(=O)NCc1cscc1C. The lowest BCUT2D eigenvalue weighted by Gasteiger charge is -2.12. The number of nitrogens with one attached hydrogen (secondary N) is 2. The van der Waals surface area contributed by atoms with E-state index in [1.807, 2.05) is 13.0 Å². The predicted molar refractivity (Wildman–Crippen MR) is 90.5 cm³/mol. The first-order valence-corrected chi connectivity index (χ1v) is 8.27. The average Bonchev–Trinajstić information content (AvgIpc) is 2.88. The quantitative estimate of drug-likeness (QED) is 0.824. The van der Waals surface area contributed by atoms with Crippen LogP contribution in [0.5, 0.6) is 0 Å². The molecule has 3 nitrogen and oxygen atoms in total. The fraction of sp³-hybridized carbons (Fsp3) is 0.312. The Labute approximate surface area is 134 Å². The summed E-state index contributed by atoms with van der Waals surface area (Å²) in [5, 5.41) is 10.9. The molecule has 2 aromatic rings. The summed E-state index contributed by atoms with van der Waals surface area (Å²) in [6, 6.07) is 5.34. The molecular formula is C16H19ClN2OS. The Bertz CT molecular complexity index is 624. The van der Waals surface area contributed by atoms with E-state index in [9.17, 15) is 4.79 Å². The van der Waals surface area contributed by atoms with Crippen LogP contribution in [0, 0.1) is 6.92 Å². The Morgan fingerprint density at radius 3 is 2.81 bits per heavy atom. The zero-order chi connectivity index (χ0) is 15.2. The number of benzene rings is 1. The van der Waals surface area contributed by atoms with Gasteiger partial charge < -0.3 is 10.6 Å². The van der Waals surface area contributed by atoms with Gasteiger partial charge in [-0.1, -0.05) is 18.5 Å². The summed E-state index contributed by atoms with van der Waals surface area (Å²) in [5.41, 5.74) is 3.76. The minimum absolute atomic E-state index is 0.110. The summed E-state index contributed by atoms with van der Waals surface area (Å²) in [7, 11) is 0. The van der Waals surface area contributed by atoms with Gasteiger partial charge in [-0.25, -0.2) is 0 Å². The smallest absolute Gasteiger partial charge is 0.253 e. The second-order valence-corrected chi connectivity index (χ2v) is 6.06. The van der Waals surface area contributed by atoms with Crippen molar-refractivity contribution in [3.63, 3.8) is 0 Å². The fourth-order valence-corrected chi connectivity index (χ4v) is 2.99. The molecular weight excluding hydrogens is 304 g/mol. The lowest BCUT2D eigenvalue weighted by Crippen LogP contribution is -2.24. The third-order valence-corrected chi connectivity index (χ3v) is 4.34. The van der Waals surface area contributed by atoms with Crippen molar-refractivity contribution in [1.29, 1.82) is 0 Å². The number of rotatable bonds is 6. The summed E-state index contributed by atoms with van der Waals surface area (Å²) >= 11 is 7.66. The zero-order valence-corrected chi connectivity index (χ0v) is 13.8. The van der Waals surface area contributed by atoms with Crippen LogP contribution < -0.4 is 10.6 Å². The lowest BCUT2D eigenvalue weighted by molar-refractivity contribution is 0.0951. The van der Waals surface area contributed by atoms with E-state index in [1.54, 1.807) is 23.5 Å². The van der Waals surface area contributed by atoms with Crippen molar-refractivity contribution >= 4 is 34.5 Å². The van der Waals surface area contributed by atoms with Crippen molar-refractivity contribution in [2.45, 2.75) is 26.8 Å². The lowest BCUT2D eigenvalue weighted by atomic mass is 10.1. The van der Waals surface area contributed by atoms with Gasteiger partial charge in [-0.2, -0.15) is 11.3 Å². The molecule has 1 aromatic heterocycles. The first-order valence-electron chi connectivity index (χ1n) is 6.95. The van der Waals surface area contributed by atoms with E-state index in [1.165, 1.54) is 5.56 Å². The van der Waals surface area contributed by atoms with Gasteiger partial charge in [-0.15, -0.1) is 0 Å². The molecule has 0 aliphatic rings. The number of amides is 1. The number of aryl methyl sites for hydroxylation is 1. The minimum atomic E-state index is -0.110. The van der Waals surface area contributed by atoms with Gasteiger partial charge in [0.2, 0.25) is 0 Å². The van der Waals surface area contributed by atoms with Crippen molar-refractivity contribution in [2.75, 3.05) is 11.9 Å². The highest BCUT2D eigenvalue weighted by Gasteiger charge is 2.12. The van der Waals surface area contributed by atoms with Crippen LogP contribution in [-0.2, 0) is 6.54 Å². The Morgan fingerprint density at radius 2 is 2.14 bits per heavy atom. The van der Waals surface area contributed by atoms with Crippen LogP contribution in [0.1, 0.15) is 34.8 Å². The average molecular weight is 323 g/mol. The molecule has 0 bridgehead atoms. The van der Waals surface area contributed by atoms with Crippen molar-refractivity contribution in [1.82, 2.24) is 5.32 Å². The second-order valence-electron chi connectivity index (χ2n) is 4.88. The number of carbonyl (C=O) groups excluding carboxylic acids is 1. The summed E-state index contributed by atoms with van der Waals surface area (Å²) in [6.07, 6.45) is 0.998.